The van der Waals surface area contributed by atoms with Gasteiger partial charge in [-0.2, -0.15) is 0 Å². The Morgan fingerprint density at radius 1 is 1.14 bits per heavy atom. The molecule has 2 heterocycles. The van der Waals surface area contributed by atoms with E-state index in [0.717, 1.165) is 22.2 Å². The fourth-order valence-corrected chi connectivity index (χ4v) is 3.16. The van der Waals surface area contributed by atoms with Gasteiger partial charge in [0.15, 0.2) is 5.58 Å². The van der Waals surface area contributed by atoms with E-state index in [2.05, 4.69) is 4.98 Å². The van der Waals surface area contributed by atoms with Crippen molar-refractivity contribution < 1.29 is 9.21 Å². The van der Waals surface area contributed by atoms with Crippen molar-refractivity contribution in [2.24, 2.45) is 0 Å². The number of nitrogens with zero attached hydrogens (tertiary/aromatic N) is 3. The highest BCUT2D eigenvalue weighted by atomic mass is 16.4. The Balaban J connectivity index is 1.78. The zero-order valence-electron chi connectivity index (χ0n) is 15.8. The molecular formula is C22H19N3O3. The van der Waals surface area contributed by atoms with Crippen molar-refractivity contribution in [3.05, 3.63) is 70.3 Å². The maximum atomic E-state index is 12.4. The molecule has 2 aromatic heterocycles. The molecule has 0 bridgehead atoms. The molecule has 0 fully saturated rings. The van der Waals surface area contributed by atoms with Crippen LogP contribution in [0, 0.1) is 0 Å². The van der Waals surface area contributed by atoms with Crippen molar-refractivity contribution >= 4 is 45.7 Å². The van der Waals surface area contributed by atoms with E-state index in [1.807, 2.05) is 55.4 Å². The van der Waals surface area contributed by atoms with Crippen LogP contribution in [-0.4, -0.2) is 29.6 Å². The number of fused-ring (bicyclic) bond motifs is 2. The van der Waals surface area contributed by atoms with Crippen LogP contribution in [0.4, 0.5) is 5.69 Å². The van der Waals surface area contributed by atoms with Gasteiger partial charge < -0.3 is 9.32 Å². The van der Waals surface area contributed by atoms with Gasteiger partial charge in [-0.05, 0) is 24.3 Å². The average Bonchev–Trinajstić information content (AvgIpc) is 3.05. The molecule has 0 amide bonds. The second kappa shape index (κ2) is 6.81. The van der Waals surface area contributed by atoms with Crippen molar-refractivity contribution in [2.45, 2.75) is 6.92 Å². The van der Waals surface area contributed by atoms with Crippen molar-refractivity contribution in [3.8, 4) is 0 Å². The highest BCUT2D eigenvalue weighted by molar-refractivity contribution is 5.98. The van der Waals surface area contributed by atoms with Crippen LogP contribution in [-0.2, 0) is 0 Å². The zero-order chi connectivity index (χ0) is 19.8. The van der Waals surface area contributed by atoms with Gasteiger partial charge >= 0.3 is 5.63 Å². The summed E-state index contributed by atoms with van der Waals surface area (Å²) < 4.78 is 7.04. The molecule has 0 saturated carbocycles. The lowest BCUT2D eigenvalue weighted by molar-refractivity contribution is 0.0941. The first-order chi connectivity index (χ1) is 13.4. The number of carbonyl (C=O) groups excluding carboxylic acids is 1. The van der Waals surface area contributed by atoms with E-state index in [0.29, 0.717) is 11.1 Å². The number of para-hydroxylation sites is 1. The van der Waals surface area contributed by atoms with E-state index in [4.69, 9.17) is 4.42 Å². The fourth-order valence-electron chi connectivity index (χ4n) is 3.16. The van der Waals surface area contributed by atoms with Crippen LogP contribution in [0.3, 0.4) is 0 Å². The number of hydrogen-bond acceptors (Lipinski definition) is 5. The standard InChI is InChI=1S/C22H19N3O3/c1-14(26)25-13-15(17-6-4-5-7-20(17)25)8-10-19-22(27)28-21-12-16(24(2)3)9-11-18(21)23-19/h4-13H,1-3H3/b10-8+. The van der Waals surface area contributed by atoms with E-state index in [1.165, 1.54) is 6.92 Å². The molecule has 0 saturated heterocycles. The van der Waals surface area contributed by atoms with Crippen LogP contribution in [0.1, 0.15) is 23.0 Å². The number of anilines is 1. The topological polar surface area (TPSA) is 68.3 Å². The first-order valence-corrected chi connectivity index (χ1v) is 8.85. The minimum atomic E-state index is -0.505. The maximum absolute atomic E-state index is 12.4. The van der Waals surface area contributed by atoms with Gasteiger partial charge in [-0.15, -0.1) is 0 Å². The number of carbonyl (C=O) groups is 1. The molecule has 28 heavy (non-hydrogen) atoms. The van der Waals surface area contributed by atoms with E-state index in [9.17, 15) is 9.59 Å². The third kappa shape index (κ3) is 3.09. The minimum absolute atomic E-state index is 0.0732. The van der Waals surface area contributed by atoms with Crippen LogP contribution in [0.25, 0.3) is 34.2 Å². The largest absolute Gasteiger partial charge is 0.419 e. The van der Waals surface area contributed by atoms with Crippen LogP contribution in [0.15, 0.2) is 57.9 Å². The number of hydrogen-bond donors (Lipinski definition) is 0. The number of rotatable bonds is 3. The summed E-state index contributed by atoms with van der Waals surface area (Å²) >= 11 is 0. The van der Waals surface area contributed by atoms with Crippen LogP contribution >= 0.6 is 0 Å². The molecular weight excluding hydrogens is 354 g/mol. The molecule has 2 aromatic carbocycles. The second-order valence-electron chi connectivity index (χ2n) is 6.76. The van der Waals surface area contributed by atoms with Gasteiger partial charge in [0.25, 0.3) is 0 Å². The summed E-state index contributed by atoms with van der Waals surface area (Å²) in [5.74, 6) is -0.0732. The average molecular weight is 373 g/mol. The monoisotopic (exact) mass is 373 g/mol. The Bertz CT molecular complexity index is 1300. The fraction of sp³-hybridized carbons (Fsp3) is 0.136. The second-order valence-corrected chi connectivity index (χ2v) is 6.76. The third-order valence-electron chi connectivity index (χ3n) is 4.62. The summed E-state index contributed by atoms with van der Waals surface area (Å²) in [6.07, 6.45) is 5.16. The lowest BCUT2D eigenvalue weighted by Gasteiger charge is -2.12. The third-order valence-corrected chi connectivity index (χ3v) is 4.62. The molecule has 4 aromatic rings. The Labute approximate surface area is 161 Å². The van der Waals surface area contributed by atoms with E-state index in [1.54, 1.807) is 29.0 Å². The van der Waals surface area contributed by atoms with Crippen LogP contribution in [0.5, 0.6) is 0 Å². The van der Waals surface area contributed by atoms with Gasteiger partial charge in [-0.25, -0.2) is 9.78 Å². The number of benzene rings is 2. The molecule has 6 heteroatoms. The molecule has 0 atom stereocenters. The lowest BCUT2D eigenvalue weighted by atomic mass is 10.1. The molecule has 6 nitrogen and oxygen atoms in total. The first-order valence-electron chi connectivity index (χ1n) is 8.85. The highest BCUT2D eigenvalue weighted by Crippen LogP contribution is 2.23. The van der Waals surface area contributed by atoms with Gasteiger partial charge in [0.1, 0.15) is 11.2 Å². The van der Waals surface area contributed by atoms with Crippen molar-refractivity contribution in [2.75, 3.05) is 19.0 Å². The molecule has 140 valence electrons. The van der Waals surface area contributed by atoms with Crippen molar-refractivity contribution in [1.82, 2.24) is 9.55 Å². The molecule has 0 unspecified atom stereocenters. The lowest BCUT2D eigenvalue weighted by Crippen LogP contribution is -2.09. The number of aromatic nitrogens is 2. The summed E-state index contributed by atoms with van der Waals surface area (Å²) in [6.45, 7) is 1.52. The molecule has 0 aliphatic heterocycles. The summed E-state index contributed by atoms with van der Waals surface area (Å²) in [5, 5.41) is 0.926. The summed E-state index contributed by atoms with van der Waals surface area (Å²) in [4.78, 5) is 30.6. The van der Waals surface area contributed by atoms with Gasteiger partial charge in [0, 0.05) is 49.9 Å². The molecule has 4 rings (SSSR count). The molecule has 0 aliphatic rings. The molecule has 0 aliphatic carbocycles. The van der Waals surface area contributed by atoms with Gasteiger partial charge in [-0.3, -0.25) is 9.36 Å². The Hall–Kier alpha value is -3.67. The van der Waals surface area contributed by atoms with E-state index >= 15 is 0 Å². The summed E-state index contributed by atoms with van der Waals surface area (Å²) in [6, 6.07) is 13.2. The van der Waals surface area contributed by atoms with E-state index < -0.39 is 5.63 Å². The predicted octanol–water partition coefficient (Wildman–Crippen LogP) is 4.04. The van der Waals surface area contributed by atoms with Gasteiger partial charge in [-0.1, -0.05) is 24.3 Å². The van der Waals surface area contributed by atoms with Crippen molar-refractivity contribution in [1.29, 1.82) is 0 Å². The molecule has 0 radical (unpaired) electrons. The zero-order valence-corrected chi connectivity index (χ0v) is 15.8. The van der Waals surface area contributed by atoms with Crippen LogP contribution < -0.4 is 10.5 Å². The van der Waals surface area contributed by atoms with Crippen LogP contribution in [0.2, 0.25) is 0 Å². The highest BCUT2D eigenvalue weighted by Gasteiger charge is 2.10. The quantitative estimate of drug-likeness (QED) is 0.542. The van der Waals surface area contributed by atoms with Gasteiger partial charge in [0.2, 0.25) is 5.91 Å². The van der Waals surface area contributed by atoms with Crippen molar-refractivity contribution in [3.63, 3.8) is 0 Å². The first kappa shape index (κ1) is 17.7. The van der Waals surface area contributed by atoms with E-state index in [-0.39, 0.29) is 11.6 Å². The Morgan fingerprint density at radius 3 is 2.68 bits per heavy atom. The van der Waals surface area contributed by atoms with Gasteiger partial charge in [0.05, 0.1) is 5.52 Å². The minimum Gasteiger partial charge on any atom is -0.419 e. The molecule has 0 spiro atoms. The molecule has 0 N–H and O–H groups in total. The summed E-state index contributed by atoms with van der Waals surface area (Å²) in [7, 11) is 3.84. The normalized spacial score (nSPS) is 11.5. The Kier molecular flexibility index (Phi) is 4.31. The SMILES string of the molecule is CC(=O)n1cc(/C=C/c2nc3ccc(N(C)C)cc3oc2=O)c2ccccc21. The Morgan fingerprint density at radius 2 is 1.93 bits per heavy atom. The predicted molar refractivity (Wildman–Crippen MR) is 112 cm³/mol. The smallest absolute Gasteiger partial charge is 0.362 e. The maximum Gasteiger partial charge on any atom is 0.362 e. The summed E-state index contributed by atoms with van der Waals surface area (Å²) in [5.41, 5.74) is 3.34.